The number of carbonyl (C=O) groups excluding carboxylic acids is 4. The summed E-state index contributed by atoms with van der Waals surface area (Å²) in [5, 5.41) is 5.40. The van der Waals surface area contributed by atoms with E-state index >= 15 is 0 Å². The van der Waals surface area contributed by atoms with Gasteiger partial charge in [-0.25, -0.2) is 24.5 Å². The Balaban J connectivity index is 1.05. The van der Waals surface area contributed by atoms with Crippen molar-refractivity contribution in [3.63, 3.8) is 0 Å². The highest BCUT2D eigenvalue weighted by Crippen LogP contribution is 2.36. The first-order chi connectivity index (χ1) is 27.9. The average molecular weight is 793 g/mol. The molecule has 5 aromatic rings. The van der Waals surface area contributed by atoms with Gasteiger partial charge in [0.1, 0.15) is 29.6 Å². The topological polar surface area (TPSA) is 191 Å². The normalized spacial score (nSPS) is 17.9. The summed E-state index contributed by atoms with van der Waals surface area (Å²) < 4.78 is 9.54. The number of amides is 4. The third-order valence-electron chi connectivity index (χ3n) is 11.3. The summed E-state index contributed by atoms with van der Waals surface area (Å²) in [6.07, 6.45) is 3.80. The number of anilines is 2. The number of hydrogen-bond acceptors (Lipinski definition) is 10. The van der Waals surface area contributed by atoms with Crippen molar-refractivity contribution in [1.29, 1.82) is 0 Å². The summed E-state index contributed by atoms with van der Waals surface area (Å²) in [5.74, 6) is 1.66. The van der Waals surface area contributed by atoms with Gasteiger partial charge >= 0.3 is 12.2 Å². The zero-order valence-corrected chi connectivity index (χ0v) is 34.0. The number of nitrogens with zero attached hydrogens (tertiary/aromatic N) is 6. The molecule has 2 fully saturated rings. The number of H-pyrrole nitrogens is 2. The molecule has 0 spiro atoms. The van der Waals surface area contributed by atoms with Crippen molar-refractivity contribution in [2.75, 3.05) is 39.3 Å². The molecular weight excluding hydrogens is 741 g/mol. The minimum Gasteiger partial charge on any atom is -0.453 e. The van der Waals surface area contributed by atoms with E-state index in [-0.39, 0.29) is 35.7 Å². The molecule has 3 aromatic heterocycles. The number of fused-ring (bicyclic) bond motifs is 2. The molecule has 2 saturated heterocycles. The first-order valence-electron chi connectivity index (χ1n) is 19.9. The SMILES string of the molecule is COC(=O)NC(C(=O)N1CCCC1c1nc2ccc(-c3ccc(N(C)c4ccc5nc(C6CCCN6C(=O)C(NC(=O)OC)C(C)C)[nH]c5c4)nc3)cc2[nH]1)C(C)C. The molecule has 306 valence electrons. The Kier molecular flexibility index (Phi) is 11.5. The third kappa shape index (κ3) is 8.00. The number of rotatable bonds is 11. The first kappa shape index (κ1) is 40.0. The summed E-state index contributed by atoms with van der Waals surface area (Å²) >= 11 is 0. The molecule has 0 radical (unpaired) electrons. The lowest BCUT2D eigenvalue weighted by Gasteiger charge is -2.29. The van der Waals surface area contributed by atoms with Crippen LogP contribution in [0, 0.1) is 11.8 Å². The molecule has 58 heavy (non-hydrogen) atoms. The highest BCUT2D eigenvalue weighted by molar-refractivity contribution is 5.88. The van der Waals surface area contributed by atoms with Crippen molar-refractivity contribution < 1.29 is 28.7 Å². The number of methoxy groups -OCH3 is 2. The quantitative estimate of drug-likeness (QED) is 0.117. The van der Waals surface area contributed by atoms with Crippen molar-refractivity contribution in [1.82, 2.24) is 45.4 Å². The largest absolute Gasteiger partial charge is 0.453 e. The minimum atomic E-state index is -0.702. The standard InChI is InChI=1S/C42H52N10O6/c1-23(2)35(48-41(55)57-6)39(53)51-18-8-10-32(51)37-44-28-15-12-25(20-30(28)46-37)26-13-17-34(43-22-26)50(5)27-14-16-29-31(21-27)47-38(45-29)33-11-9-19-52(33)40(54)36(24(3)4)49-42(56)58-7/h12-17,20-24,32-33,35-36H,8-11,18-19H2,1-7H3,(H,44,46)(H,45,47)(H,48,55)(H,49,56). The van der Waals surface area contributed by atoms with Crippen LogP contribution in [0.3, 0.4) is 0 Å². The van der Waals surface area contributed by atoms with Gasteiger partial charge < -0.3 is 44.8 Å². The van der Waals surface area contributed by atoms with Gasteiger partial charge in [0.15, 0.2) is 0 Å². The molecule has 4 N–H and O–H groups in total. The van der Waals surface area contributed by atoms with E-state index in [2.05, 4.69) is 20.6 Å². The van der Waals surface area contributed by atoms with Crippen LogP contribution in [-0.2, 0) is 19.1 Å². The molecule has 0 aliphatic carbocycles. The van der Waals surface area contributed by atoms with E-state index in [1.807, 2.05) is 104 Å². The van der Waals surface area contributed by atoms with Crippen LogP contribution in [0.4, 0.5) is 21.1 Å². The Hall–Kier alpha value is -6.19. The molecule has 4 amide bonds. The smallest absolute Gasteiger partial charge is 0.407 e. The molecule has 16 nitrogen and oxygen atoms in total. The summed E-state index contributed by atoms with van der Waals surface area (Å²) in [6, 6.07) is 14.2. The monoisotopic (exact) mass is 792 g/mol. The third-order valence-corrected chi connectivity index (χ3v) is 11.3. The zero-order valence-electron chi connectivity index (χ0n) is 34.0. The number of hydrogen-bond donors (Lipinski definition) is 4. The van der Waals surface area contributed by atoms with Gasteiger partial charge in [-0.05, 0) is 85.5 Å². The van der Waals surface area contributed by atoms with Crippen molar-refractivity contribution >= 4 is 57.6 Å². The van der Waals surface area contributed by atoms with Crippen molar-refractivity contribution in [3.8, 4) is 11.1 Å². The number of benzene rings is 2. The number of aromatic nitrogens is 5. The van der Waals surface area contributed by atoms with Crippen LogP contribution in [0.25, 0.3) is 33.2 Å². The second kappa shape index (κ2) is 16.7. The van der Waals surface area contributed by atoms with Crippen LogP contribution in [0.2, 0.25) is 0 Å². The van der Waals surface area contributed by atoms with Crippen LogP contribution in [0.1, 0.15) is 77.1 Å². The fourth-order valence-electron chi connectivity index (χ4n) is 8.02. The summed E-state index contributed by atoms with van der Waals surface area (Å²) in [6.45, 7) is 8.76. The molecule has 7 rings (SSSR count). The van der Waals surface area contributed by atoms with Crippen molar-refractivity contribution in [3.05, 3.63) is 66.4 Å². The minimum absolute atomic E-state index is 0.115. The lowest BCUT2D eigenvalue weighted by atomic mass is 10.0. The zero-order chi connectivity index (χ0) is 41.2. The molecule has 2 aliphatic heterocycles. The molecule has 4 atom stereocenters. The van der Waals surface area contributed by atoms with Crippen LogP contribution in [0.5, 0.6) is 0 Å². The molecule has 5 heterocycles. The fourth-order valence-corrected chi connectivity index (χ4v) is 8.02. The van der Waals surface area contributed by atoms with Gasteiger partial charge in [0.05, 0.1) is 48.4 Å². The summed E-state index contributed by atoms with van der Waals surface area (Å²) in [7, 11) is 4.54. The Bertz CT molecular complexity index is 2300. The van der Waals surface area contributed by atoms with E-state index in [9.17, 15) is 19.2 Å². The number of likely N-dealkylation sites (tertiary alicyclic amines) is 2. The van der Waals surface area contributed by atoms with Crippen LogP contribution < -0.4 is 15.5 Å². The molecule has 16 heteroatoms. The molecule has 4 unspecified atom stereocenters. The number of alkyl carbamates (subject to hydrolysis) is 2. The predicted octanol–water partition coefficient (Wildman–Crippen LogP) is 6.36. The average Bonchev–Trinajstić information content (AvgIpc) is 4.06. The maximum Gasteiger partial charge on any atom is 0.407 e. The highest BCUT2D eigenvalue weighted by Gasteiger charge is 2.39. The van der Waals surface area contributed by atoms with Gasteiger partial charge in [-0.1, -0.05) is 33.8 Å². The number of pyridine rings is 1. The lowest BCUT2D eigenvalue weighted by molar-refractivity contribution is -0.136. The predicted molar refractivity (Wildman–Crippen MR) is 219 cm³/mol. The van der Waals surface area contributed by atoms with Gasteiger partial charge in [0.2, 0.25) is 11.8 Å². The second-order valence-electron chi connectivity index (χ2n) is 15.7. The van der Waals surface area contributed by atoms with E-state index in [1.54, 1.807) is 0 Å². The van der Waals surface area contributed by atoms with Gasteiger partial charge in [-0.15, -0.1) is 0 Å². The van der Waals surface area contributed by atoms with E-state index in [0.29, 0.717) is 18.9 Å². The van der Waals surface area contributed by atoms with Gasteiger partial charge in [-0.2, -0.15) is 0 Å². The van der Waals surface area contributed by atoms with E-state index in [1.165, 1.54) is 14.2 Å². The Morgan fingerprint density at radius 2 is 1.22 bits per heavy atom. The lowest BCUT2D eigenvalue weighted by Crippen LogP contribution is -2.51. The van der Waals surface area contributed by atoms with E-state index in [0.717, 1.165) is 76.2 Å². The number of imidazole rings is 2. The fraction of sp³-hybridized carbons (Fsp3) is 0.452. The maximum atomic E-state index is 13.6. The number of aromatic amines is 2. The number of ether oxygens (including phenoxy) is 2. The molecule has 0 saturated carbocycles. The summed E-state index contributed by atoms with van der Waals surface area (Å²) in [4.78, 5) is 78.4. The maximum absolute atomic E-state index is 13.6. The van der Waals surface area contributed by atoms with Crippen LogP contribution >= 0.6 is 0 Å². The number of carbonyl (C=O) groups is 4. The Morgan fingerprint density at radius 1 is 0.724 bits per heavy atom. The Labute approximate surface area is 337 Å². The summed E-state index contributed by atoms with van der Waals surface area (Å²) in [5.41, 5.74) is 6.12. The molecule has 2 aliphatic rings. The molecule has 0 bridgehead atoms. The van der Waals surface area contributed by atoms with E-state index in [4.69, 9.17) is 24.4 Å². The first-order valence-corrected chi connectivity index (χ1v) is 19.9. The van der Waals surface area contributed by atoms with Gasteiger partial charge in [0, 0.05) is 37.6 Å². The van der Waals surface area contributed by atoms with Gasteiger partial charge in [0.25, 0.3) is 0 Å². The van der Waals surface area contributed by atoms with Crippen molar-refractivity contribution in [2.45, 2.75) is 77.5 Å². The van der Waals surface area contributed by atoms with E-state index < -0.39 is 24.3 Å². The van der Waals surface area contributed by atoms with Crippen LogP contribution in [-0.4, -0.2) is 105 Å². The number of nitrogens with one attached hydrogen (secondary N) is 4. The van der Waals surface area contributed by atoms with Crippen molar-refractivity contribution in [2.24, 2.45) is 11.8 Å². The molecular formula is C42H52N10O6. The highest BCUT2D eigenvalue weighted by atomic mass is 16.5. The molecule has 2 aromatic carbocycles. The van der Waals surface area contributed by atoms with Crippen LogP contribution in [0.15, 0.2) is 54.7 Å². The Morgan fingerprint density at radius 3 is 1.71 bits per heavy atom. The van der Waals surface area contributed by atoms with Gasteiger partial charge in [-0.3, -0.25) is 9.59 Å². The second-order valence-corrected chi connectivity index (χ2v) is 15.7.